The van der Waals surface area contributed by atoms with Crippen molar-refractivity contribution in [3.63, 3.8) is 0 Å². The summed E-state index contributed by atoms with van der Waals surface area (Å²) in [5.74, 6) is 0.858. The van der Waals surface area contributed by atoms with Crippen molar-refractivity contribution in [2.24, 2.45) is 5.92 Å². The molecular weight excluding hydrogens is 310 g/mol. The fraction of sp³-hybridized carbons (Fsp3) is 0.429. The zero-order valence-electron chi connectivity index (χ0n) is 15.6. The zero-order valence-corrected chi connectivity index (χ0v) is 15.6. The van der Waals surface area contributed by atoms with Gasteiger partial charge in [-0.05, 0) is 41.5 Å². The van der Waals surface area contributed by atoms with E-state index in [-0.39, 0.29) is 12.1 Å². The normalized spacial score (nSPS) is 13.3. The molecule has 1 aromatic carbocycles. The van der Waals surface area contributed by atoms with E-state index in [0.29, 0.717) is 18.4 Å². The second-order valence-corrected chi connectivity index (χ2v) is 6.85. The van der Waals surface area contributed by atoms with E-state index in [4.69, 9.17) is 0 Å². The number of hydrogen-bond acceptors (Lipinski definition) is 2. The van der Waals surface area contributed by atoms with Crippen LogP contribution in [-0.4, -0.2) is 11.0 Å². The van der Waals surface area contributed by atoms with Crippen molar-refractivity contribution >= 4 is 6.03 Å². The fourth-order valence-corrected chi connectivity index (χ4v) is 2.77. The highest BCUT2D eigenvalue weighted by Gasteiger charge is 2.18. The van der Waals surface area contributed by atoms with Gasteiger partial charge in [-0.2, -0.15) is 0 Å². The van der Waals surface area contributed by atoms with Gasteiger partial charge in [-0.1, -0.05) is 58.0 Å². The number of aromatic nitrogens is 1. The maximum Gasteiger partial charge on any atom is 0.315 e. The molecule has 0 aliphatic heterocycles. The largest absolute Gasteiger partial charge is 0.332 e. The number of nitrogens with zero attached hydrogens (tertiary/aromatic N) is 1. The molecule has 2 atom stereocenters. The topological polar surface area (TPSA) is 54.0 Å². The predicted octanol–water partition coefficient (Wildman–Crippen LogP) is 4.79. The van der Waals surface area contributed by atoms with Crippen LogP contribution in [0.4, 0.5) is 4.79 Å². The summed E-state index contributed by atoms with van der Waals surface area (Å²) in [5, 5.41) is 5.97. The molecule has 2 amide bonds. The van der Waals surface area contributed by atoms with E-state index in [1.165, 1.54) is 5.56 Å². The van der Waals surface area contributed by atoms with Crippen LogP contribution >= 0.6 is 0 Å². The Kier molecular flexibility index (Phi) is 6.99. The van der Waals surface area contributed by atoms with Gasteiger partial charge in [0.25, 0.3) is 0 Å². The Morgan fingerprint density at radius 2 is 1.72 bits per heavy atom. The van der Waals surface area contributed by atoms with E-state index >= 15 is 0 Å². The van der Waals surface area contributed by atoms with Gasteiger partial charge in [0.1, 0.15) is 0 Å². The summed E-state index contributed by atoms with van der Waals surface area (Å²) in [6, 6.07) is 14.1. The Balaban J connectivity index is 1.99. The number of benzene rings is 1. The molecule has 0 fully saturated rings. The average molecular weight is 339 g/mol. The summed E-state index contributed by atoms with van der Waals surface area (Å²) >= 11 is 0. The molecule has 2 rings (SSSR count). The smallest absolute Gasteiger partial charge is 0.315 e. The Morgan fingerprint density at radius 3 is 2.28 bits per heavy atom. The zero-order chi connectivity index (χ0) is 18.2. The molecule has 2 aromatic rings. The van der Waals surface area contributed by atoms with Gasteiger partial charge in [0.05, 0.1) is 18.3 Å². The van der Waals surface area contributed by atoms with Crippen LogP contribution in [0.15, 0.2) is 48.7 Å². The first-order valence-corrected chi connectivity index (χ1v) is 9.05. The molecule has 25 heavy (non-hydrogen) atoms. The Bertz CT molecular complexity index is 653. The van der Waals surface area contributed by atoms with Gasteiger partial charge in [-0.25, -0.2) is 4.79 Å². The van der Waals surface area contributed by atoms with Crippen LogP contribution < -0.4 is 10.6 Å². The summed E-state index contributed by atoms with van der Waals surface area (Å²) < 4.78 is 0. The molecule has 134 valence electrons. The third-order valence-electron chi connectivity index (χ3n) is 4.59. The van der Waals surface area contributed by atoms with E-state index in [0.717, 1.165) is 17.7 Å². The number of carbonyl (C=O) groups excluding carboxylic acids is 1. The number of rotatable bonds is 7. The molecule has 0 spiro atoms. The van der Waals surface area contributed by atoms with Crippen LogP contribution in [0.1, 0.15) is 62.9 Å². The van der Waals surface area contributed by atoms with Gasteiger partial charge in [-0.15, -0.1) is 0 Å². The van der Waals surface area contributed by atoms with Crippen LogP contribution in [0.2, 0.25) is 0 Å². The molecule has 4 heteroatoms. The Morgan fingerprint density at radius 1 is 1.04 bits per heavy atom. The van der Waals surface area contributed by atoms with Crippen molar-refractivity contribution in [3.8, 4) is 0 Å². The lowest BCUT2D eigenvalue weighted by Gasteiger charge is -2.23. The van der Waals surface area contributed by atoms with Crippen molar-refractivity contribution < 1.29 is 4.79 Å². The van der Waals surface area contributed by atoms with Crippen molar-refractivity contribution in [3.05, 3.63) is 65.5 Å². The van der Waals surface area contributed by atoms with E-state index in [1.54, 1.807) is 6.20 Å². The number of carbonyl (C=O) groups is 1. The lowest BCUT2D eigenvalue weighted by Crippen LogP contribution is -2.39. The molecule has 0 saturated heterocycles. The third kappa shape index (κ3) is 5.59. The minimum Gasteiger partial charge on any atom is -0.332 e. The van der Waals surface area contributed by atoms with Gasteiger partial charge in [0.15, 0.2) is 0 Å². The third-order valence-corrected chi connectivity index (χ3v) is 4.59. The second-order valence-electron chi connectivity index (χ2n) is 6.85. The first kappa shape index (κ1) is 19.0. The fourth-order valence-electron chi connectivity index (χ4n) is 2.77. The molecule has 2 N–H and O–H groups in total. The summed E-state index contributed by atoms with van der Waals surface area (Å²) in [7, 11) is 0. The van der Waals surface area contributed by atoms with Crippen LogP contribution in [0.5, 0.6) is 0 Å². The lowest BCUT2D eigenvalue weighted by atomic mass is 9.92. The number of nitrogens with one attached hydrogen (secondary N) is 2. The van der Waals surface area contributed by atoms with Crippen molar-refractivity contribution in [2.45, 2.75) is 52.6 Å². The molecular formula is C21H29N3O. The monoisotopic (exact) mass is 339 g/mol. The summed E-state index contributed by atoms with van der Waals surface area (Å²) in [6.07, 6.45) is 2.85. The second kappa shape index (κ2) is 9.21. The van der Waals surface area contributed by atoms with Gasteiger partial charge in [0, 0.05) is 6.20 Å². The molecule has 0 aliphatic rings. The van der Waals surface area contributed by atoms with Crippen LogP contribution in [0.25, 0.3) is 0 Å². The predicted molar refractivity (Wildman–Crippen MR) is 102 cm³/mol. The SMILES string of the molecule is CCC(C)c1ccc(C(NC(=O)NCc2ccccn2)C(C)C)cc1. The van der Waals surface area contributed by atoms with E-state index in [2.05, 4.69) is 67.6 Å². The molecule has 0 radical (unpaired) electrons. The quantitative estimate of drug-likeness (QED) is 0.762. The van der Waals surface area contributed by atoms with Gasteiger partial charge in [0.2, 0.25) is 0 Å². The molecule has 1 aromatic heterocycles. The average Bonchev–Trinajstić information content (AvgIpc) is 2.64. The number of urea groups is 1. The van der Waals surface area contributed by atoms with E-state index in [9.17, 15) is 4.79 Å². The first-order chi connectivity index (χ1) is 12.0. The lowest BCUT2D eigenvalue weighted by molar-refractivity contribution is 0.232. The van der Waals surface area contributed by atoms with E-state index < -0.39 is 0 Å². The number of amides is 2. The maximum absolute atomic E-state index is 12.3. The first-order valence-electron chi connectivity index (χ1n) is 9.05. The molecule has 4 nitrogen and oxygen atoms in total. The molecule has 0 aliphatic carbocycles. The van der Waals surface area contributed by atoms with E-state index in [1.807, 2.05) is 18.2 Å². The van der Waals surface area contributed by atoms with Crippen LogP contribution in [0.3, 0.4) is 0 Å². The van der Waals surface area contributed by atoms with Gasteiger partial charge < -0.3 is 10.6 Å². The Labute approximate surface area is 151 Å². The van der Waals surface area contributed by atoms with Crippen molar-refractivity contribution in [1.29, 1.82) is 0 Å². The molecule has 0 saturated carbocycles. The molecule has 0 bridgehead atoms. The summed E-state index contributed by atoms with van der Waals surface area (Å²) in [5.41, 5.74) is 3.32. The molecule has 2 unspecified atom stereocenters. The minimum atomic E-state index is -0.171. The van der Waals surface area contributed by atoms with Crippen LogP contribution in [0, 0.1) is 5.92 Å². The standard InChI is InChI=1S/C21H29N3O/c1-5-16(4)17-9-11-18(12-10-17)20(15(2)3)24-21(25)23-14-19-8-6-7-13-22-19/h6-13,15-16,20H,5,14H2,1-4H3,(H2,23,24,25). The summed E-state index contributed by atoms with van der Waals surface area (Å²) in [6.45, 7) is 9.09. The molecule has 1 heterocycles. The Hall–Kier alpha value is -2.36. The number of pyridine rings is 1. The van der Waals surface area contributed by atoms with Crippen molar-refractivity contribution in [1.82, 2.24) is 15.6 Å². The van der Waals surface area contributed by atoms with Gasteiger partial charge in [-0.3, -0.25) is 4.98 Å². The van der Waals surface area contributed by atoms with Crippen molar-refractivity contribution in [2.75, 3.05) is 0 Å². The highest BCUT2D eigenvalue weighted by Crippen LogP contribution is 2.25. The highest BCUT2D eigenvalue weighted by molar-refractivity contribution is 5.74. The summed E-state index contributed by atoms with van der Waals surface area (Å²) in [4.78, 5) is 16.5. The van der Waals surface area contributed by atoms with Crippen LogP contribution in [-0.2, 0) is 6.54 Å². The maximum atomic E-state index is 12.3. The minimum absolute atomic E-state index is 0.0188. The number of hydrogen-bond donors (Lipinski definition) is 2. The highest BCUT2D eigenvalue weighted by atomic mass is 16.2. The van der Waals surface area contributed by atoms with Gasteiger partial charge >= 0.3 is 6.03 Å².